The highest BCUT2D eigenvalue weighted by Gasteiger charge is 2.16. The standard InChI is InChI=1S/C11H15BN2O3S/c1-2-3-4-5-10-13-14-11(17-10)9-6-8(7-18-9)12(15)16/h6-7,15-16H,2-5H2,1H3. The van der Waals surface area contributed by atoms with E-state index in [-0.39, 0.29) is 0 Å². The zero-order valence-electron chi connectivity index (χ0n) is 10.2. The van der Waals surface area contributed by atoms with Crippen LogP contribution >= 0.6 is 11.3 Å². The van der Waals surface area contributed by atoms with E-state index in [1.165, 1.54) is 11.3 Å². The van der Waals surface area contributed by atoms with Gasteiger partial charge in [-0.25, -0.2) is 0 Å². The van der Waals surface area contributed by atoms with Crippen LogP contribution in [0.2, 0.25) is 0 Å². The summed E-state index contributed by atoms with van der Waals surface area (Å²) in [6.45, 7) is 2.15. The van der Waals surface area contributed by atoms with Crippen molar-refractivity contribution in [2.45, 2.75) is 32.6 Å². The van der Waals surface area contributed by atoms with E-state index >= 15 is 0 Å². The third-order valence-electron chi connectivity index (χ3n) is 2.59. The van der Waals surface area contributed by atoms with Crippen LogP contribution in [-0.4, -0.2) is 27.4 Å². The molecular weight excluding hydrogens is 251 g/mol. The maximum absolute atomic E-state index is 9.03. The van der Waals surface area contributed by atoms with Crippen molar-refractivity contribution in [3.05, 3.63) is 17.3 Å². The van der Waals surface area contributed by atoms with E-state index < -0.39 is 7.12 Å². The fourth-order valence-electron chi connectivity index (χ4n) is 1.58. The Morgan fingerprint density at radius 1 is 1.33 bits per heavy atom. The predicted molar refractivity (Wildman–Crippen MR) is 70.7 cm³/mol. The van der Waals surface area contributed by atoms with Crippen molar-refractivity contribution in [3.63, 3.8) is 0 Å². The van der Waals surface area contributed by atoms with E-state index in [0.717, 1.165) is 30.6 Å². The molecule has 0 saturated heterocycles. The van der Waals surface area contributed by atoms with Crippen molar-refractivity contribution in [3.8, 4) is 10.8 Å². The quantitative estimate of drug-likeness (QED) is 0.607. The predicted octanol–water partition coefficient (Wildman–Crippen LogP) is 1.21. The summed E-state index contributed by atoms with van der Waals surface area (Å²) < 4.78 is 5.53. The Labute approximate surface area is 110 Å². The SMILES string of the molecule is CCCCCc1nnc(-c2cc(B(O)O)cs2)o1. The highest BCUT2D eigenvalue weighted by Crippen LogP contribution is 2.22. The van der Waals surface area contributed by atoms with Crippen molar-refractivity contribution < 1.29 is 14.5 Å². The average Bonchev–Trinajstić information content (AvgIpc) is 2.97. The van der Waals surface area contributed by atoms with Gasteiger partial charge in [-0.1, -0.05) is 19.8 Å². The van der Waals surface area contributed by atoms with Crippen LogP contribution in [0.4, 0.5) is 0 Å². The molecule has 0 unspecified atom stereocenters. The Morgan fingerprint density at radius 3 is 2.83 bits per heavy atom. The van der Waals surface area contributed by atoms with Crippen molar-refractivity contribution in [1.82, 2.24) is 10.2 Å². The number of thiophene rings is 1. The first-order chi connectivity index (χ1) is 8.70. The lowest BCUT2D eigenvalue weighted by Gasteiger charge is -1.92. The number of nitrogens with zero attached hydrogens (tertiary/aromatic N) is 2. The second-order valence-electron chi connectivity index (χ2n) is 4.08. The van der Waals surface area contributed by atoms with Gasteiger partial charge in [0.15, 0.2) is 0 Å². The van der Waals surface area contributed by atoms with Gasteiger partial charge in [0.2, 0.25) is 5.89 Å². The van der Waals surface area contributed by atoms with Crippen LogP contribution in [0.15, 0.2) is 15.9 Å². The average molecular weight is 266 g/mol. The number of aromatic nitrogens is 2. The monoisotopic (exact) mass is 266 g/mol. The van der Waals surface area contributed by atoms with Crippen LogP contribution in [-0.2, 0) is 6.42 Å². The molecule has 0 radical (unpaired) electrons. The molecule has 5 nitrogen and oxygen atoms in total. The molecule has 0 aliphatic carbocycles. The second kappa shape index (κ2) is 6.13. The van der Waals surface area contributed by atoms with Crippen molar-refractivity contribution in [2.24, 2.45) is 0 Å². The summed E-state index contributed by atoms with van der Waals surface area (Å²) >= 11 is 1.36. The molecule has 0 aromatic carbocycles. The summed E-state index contributed by atoms with van der Waals surface area (Å²) in [5.74, 6) is 1.08. The van der Waals surface area contributed by atoms with Crippen molar-refractivity contribution >= 4 is 23.9 Å². The summed E-state index contributed by atoms with van der Waals surface area (Å²) in [6, 6.07) is 1.65. The van der Waals surface area contributed by atoms with E-state index in [9.17, 15) is 0 Å². The topological polar surface area (TPSA) is 79.4 Å². The van der Waals surface area contributed by atoms with Crippen LogP contribution < -0.4 is 5.46 Å². The lowest BCUT2D eigenvalue weighted by molar-refractivity contribution is 0.426. The molecule has 2 N–H and O–H groups in total. The van der Waals surface area contributed by atoms with E-state index in [1.54, 1.807) is 11.4 Å². The van der Waals surface area contributed by atoms with Crippen LogP contribution in [0.3, 0.4) is 0 Å². The molecular formula is C11H15BN2O3S. The minimum atomic E-state index is -1.46. The Balaban J connectivity index is 2.04. The molecule has 96 valence electrons. The molecule has 7 heteroatoms. The summed E-state index contributed by atoms with van der Waals surface area (Å²) in [4.78, 5) is 0.757. The molecule has 2 heterocycles. The van der Waals surface area contributed by atoms with Gasteiger partial charge in [-0.15, -0.1) is 21.5 Å². The molecule has 0 amide bonds. The van der Waals surface area contributed by atoms with Gasteiger partial charge in [0.25, 0.3) is 5.89 Å². The van der Waals surface area contributed by atoms with Crippen molar-refractivity contribution in [1.29, 1.82) is 0 Å². The van der Waals surface area contributed by atoms with Gasteiger partial charge in [0.1, 0.15) is 0 Å². The Kier molecular flexibility index (Phi) is 4.51. The second-order valence-corrected chi connectivity index (χ2v) is 4.99. The van der Waals surface area contributed by atoms with E-state index in [4.69, 9.17) is 14.5 Å². The largest absolute Gasteiger partial charge is 0.489 e. The molecule has 18 heavy (non-hydrogen) atoms. The van der Waals surface area contributed by atoms with Crippen molar-refractivity contribution in [2.75, 3.05) is 0 Å². The lowest BCUT2D eigenvalue weighted by atomic mass is 9.83. The summed E-state index contributed by atoms with van der Waals surface area (Å²) in [6.07, 6.45) is 4.14. The number of unbranched alkanes of at least 4 members (excludes halogenated alkanes) is 2. The first-order valence-corrected chi connectivity index (χ1v) is 6.86. The number of hydrogen-bond acceptors (Lipinski definition) is 6. The molecule has 0 aliphatic rings. The third-order valence-corrected chi connectivity index (χ3v) is 3.53. The number of hydrogen-bond donors (Lipinski definition) is 2. The fraction of sp³-hybridized carbons (Fsp3) is 0.455. The Morgan fingerprint density at radius 2 is 2.17 bits per heavy atom. The lowest BCUT2D eigenvalue weighted by Crippen LogP contribution is -2.27. The zero-order chi connectivity index (χ0) is 13.0. The normalized spacial score (nSPS) is 10.8. The highest BCUT2D eigenvalue weighted by molar-refractivity contribution is 7.14. The Hall–Kier alpha value is -1.18. The zero-order valence-corrected chi connectivity index (χ0v) is 11.0. The van der Waals surface area contributed by atoms with Gasteiger partial charge >= 0.3 is 7.12 Å². The van der Waals surface area contributed by atoms with Crippen LogP contribution in [0, 0.1) is 0 Å². The first-order valence-electron chi connectivity index (χ1n) is 5.98. The molecule has 0 spiro atoms. The van der Waals surface area contributed by atoms with Gasteiger partial charge < -0.3 is 14.5 Å². The van der Waals surface area contributed by atoms with Gasteiger partial charge in [-0.2, -0.15) is 0 Å². The highest BCUT2D eigenvalue weighted by atomic mass is 32.1. The van der Waals surface area contributed by atoms with E-state index in [2.05, 4.69) is 17.1 Å². The molecule has 0 saturated carbocycles. The number of aryl methyl sites for hydroxylation is 1. The van der Waals surface area contributed by atoms with Gasteiger partial charge in [-0.05, 0) is 23.3 Å². The minimum absolute atomic E-state index is 0.443. The fourth-order valence-corrected chi connectivity index (χ4v) is 2.42. The van der Waals surface area contributed by atoms with Gasteiger partial charge in [0.05, 0.1) is 4.88 Å². The van der Waals surface area contributed by atoms with Crippen LogP contribution in [0.25, 0.3) is 10.8 Å². The molecule has 0 aliphatic heterocycles. The van der Waals surface area contributed by atoms with Crippen LogP contribution in [0.5, 0.6) is 0 Å². The molecule has 2 rings (SSSR count). The van der Waals surface area contributed by atoms with Gasteiger partial charge in [0, 0.05) is 6.42 Å². The third kappa shape index (κ3) is 3.19. The van der Waals surface area contributed by atoms with E-state index in [1.807, 2.05) is 0 Å². The molecule has 0 fully saturated rings. The van der Waals surface area contributed by atoms with Crippen LogP contribution in [0.1, 0.15) is 32.1 Å². The summed E-state index contributed by atoms with van der Waals surface area (Å²) in [5.41, 5.74) is 0.445. The van der Waals surface area contributed by atoms with Gasteiger partial charge in [-0.3, -0.25) is 0 Å². The Bertz CT molecular complexity index is 498. The molecule has 2 aromatic heterocycles. The first kappa shape index (κ1) is 13.3. The summed E-state index contributed by atoms with van der Waals surface area (Å²) in [5, 5.41) is 27.7. The minimum Gasteiger partial charge on any atom is -0.423 e. The molecule has 0 bridgehead atoms. The molecule has 0 atom stereocenters. The smallest absolute Gasteiger partial charge is 0.423 e. The maximum Gasteiger partial charge on any atom is 0.489 e. The maximum atomic E-state index is 9.03. The number of rotatable bonds is 6. The summed E-state index contributed by atoms with van der Waals surface area (Å²) in [7, 11) is -1.46. The van der Waals surface area contributed by atoms with E-state index in [0.29, 0.717) is 17.2 Å². The molecule has 2 aromatic rings.